The van der Waals surface area contributed by atoms with Crippen LogP contribution in [0.15, 0.2) is 29.0 Å². The predicted octanol–water partition coefficient (Wildman–Crippen LogP) is 3.86. The predicted molar refractivity (Wildman–Crippen MR) is 92.8 cm³/mol. The quantitative estimate of drug-likeness (QED) is 0.775. The van der Waals surface area contributed by atoms with Crippen LogP contribution in [0.3, 0.4) is 0 Å². The Morgan fingerprint density at radius 3 is 2.81 bits per heavy atom. The van der Waals surface area contributed by atoms with Gasteiger partial charge in [0.2, 0.25) is 5.95 Å². The second-order valence-corrected chi connectivity index (χ2v) is 6.93. The van der Waals surface area contributed by atoms with Crippen molar-refractivity contribution in [2.24, 2.45) is 0 Å². The van der Waals surface area contributed by atoms with Crippen LogP contribution in [0.1, 0.15) is 11.8 Å². The molecule has 1 unspecified atom stereocenters. The van der Waals surface area contributed by atoms with E-state index in [9.17, 15) is 0 Å². The smallest absolute Gasteiger partial charge is 0.225 e. The normalized spacial score (nSPS) is 12.5. The monoisotopic (exact) mass is 318 g/mol. The maximum absolute atomic E-state index is 4.66. The van der Waals surface area contributed by atoms with Crippen molar-refractivity contribution < 1.29 is 0 Å². The third-order valence-corrected chi connectivity index (χ3v) is 5.31. The second kappa shape index (κ2) is 5.99. The summed E-state index contributed by atoms with van der Waals surface area (Å²) in [4.78, 5) is 13.8. The topological polar surface area (TPSA) is 41.1 Å². The molecule has 4 nitrogen and oxygen atoms in total. The van der Waals surface area contributed by atoms with Gasteiger partial charge in [0.1, 0.15) is 10.6 Å². The number of nitrogens with zero attached hydrogens (tertiary/aromatic N) is 3. The van der Waals surface area contributed by atoms with E-state index in [2.05, 4.69) is 63.1 Å². The minimum Gasteiger partial charge on any atom is -0.357 e. The standard InChI is InChI=1S/C15H18N4S2/c1-10(9-11-5-4-7-20-11)19(3)13-12-6-8-21-14(12)18-15(16-2)17-13/h4-8,10H,9H2,1-3H3,(H,16,17,18). The first-order valence-electron chi connectivity index (χ1n) is 6.87. The molecule has 3 aromatic rings. The average Bonchev–Trinajstić information content (AvgIpc) is 3.15. The van der Waals surface area contributed by atoms with Crippen molar-refractivity contribution in [3.63, 3.8) is 0 Å². The number of hydrogen-bond acceptors (Lipinski definition) is 6. The first-order valence-corrected chi connectivity index (χ1v) is 8.63. The molecule has 21 heavy (non-hydrogen) atoms. The Kier molecular flexibility index (Phi) is 4.07. The van der Waals surface area contributed by atoms with Crippen LogP contribution in [0.5, 0.6) is 0 Å². The molecule has 1 N–H and O–H groups in total. The zero-order valence-electron chi connectivity index (χ0n) is 12.3. The third kappa shape index (κ3) is 2.87. The van der Waals surface area contributed by atoms with Crippen LogP contribution in [0, 0.1) is 0 Å². The fourth-order valence-corrected chi connectivity index (χ4v) is 3.87. The number of nitrogens with one attached hydrogen (secondary N) is 1. The summed E-state index contributed by atoms with van der Waals surface area (Å²) < 4.78 is 0. The average molecular weight is 318 g/mol. The number of aromatic nitrogens is 2. The number of anilines is 2. The molecule has 0 aliphatic heterocycles. The van der Waals surface area contributed by atoms with E-state index in [0.717, 1.165) is 22.5 Å². The van der Waals surface area contributed by atoms with Gasteiger partial charge in [0.05, 0.1) is 5.39 Å². The fourth-order valence-electron chi connectivity index (χ4n) is 2.29. The molecule has 0 amide bonds. The lowest BCUT2D eigenvalue weighted by molar-refractivity contribution is 0.682. The number of fused-ring (bicyclic) bond motifs is 1. The molecule has 0 radical (unpaired) electrons. The van der Waals surface area contributed by atoms with E-state index in [1.54, 1.807) is 11.3 Å². The summed E-state index contributed by atoms with van der Waals surface area (Å²) in [5.41, 5.74) is 0. The fraction of sp³-hybridized carbons (Fsp3) is 0.333. The molecule has 1 atom stereocenters. The zero-order chi connectivity index (χ0) is 14.8. The Hall–Kier alpha value is -1.66. The van der Waals surface area contributed by atoms with Crippen LogP contribution < -0.4 is 10.2 Å². The lowest BCUT2D eigenvalue weighted by Crippen LogP contribution is -2.31. The summed E-state index contributed by atoms with van der Waals surface area (Å²) in [6.45, 7) is 2.24. The maximum Gasteiger partial charge on any atom is 0.225 e. The van der Waals surface area contributed by atoms with Gasteiger partial charge in [0.25, 0.3) is 0 Å². The molecule has 0 bridgehead atoms. The second-order valence-electron chi connectivity index (χ2n) is 5.00. The number of hydrogen-bond donors (Lipinski definition) is 1. The molecule has 3 aromatic heterocycles. The lowest BCUT2D eigenvalue weighted by atomic mass is 10.2. The number of rotatable bonds is 5. The van der Waals surface area contributed by atoms with Crippen LogP contribution >= 0.6 is 22.7 Å². The molecule has 0 spiro atoms. The van der Waals surface area contributed by atoms with E-state index in [-0.39, 0.29) is 0 Å². The Bertz CT molecular complexity index is 720. The molecule has 3 rings (SSSR count). The lowest BCUT2D eigenvalue weighted by Gasteiger charge is -2.26. The van der Waals surface area contributed by atoms with Gasteiger partial charge in [-0.3, -0.25) is 0 Å². The molecule has 0 fully saturated rings. The first kappa shape index (κ1) is 14.3. The highest BCUT2D eigenvalue weighted by atomic mass is 32.1. The van der Waals surface area contributed by atoms with Gasteiger partial charge in [0.15, 0.2) is 0 Å². The highest BCUT2D eigenvalue weighted by Crippen LogP contribution is 2.30. The third-order valence-electron chi connectivity index (χ3n) is 3.60. The first-order chi connectivity index (χ1) is 10.2. The minimum absolute atomic E-state index is 0.381. The van der Waals surface area contributed by atoms with E-state index < -0.39 is 0 Å². The summed E-state index contributed by atoms with van der Waals surface area (Å²) >= 11 is 3.46. The van der Waals surface area contributed by atoms with Gasteiger partial charge < -0.3 is 10.2 Å². The van der Waals surface area contributed by atoms with Crippen LogP contribution in [0.4, 0.5) is 11.8 Å². The van der Waals surface area contributed by atoms with Crippen molar-refractivity contribution in [3.05, 3.63) is 33.8 Å². The summed E-state index contributed by atoms with van der Waals surface area (Å²) in [5, 5.41) is 8.37. The van der Waals surface area contributed by atoms with Gasteiger partial charge in [-0.15, -0.1) is 22.7 Å². The Morgan fingerprint density at radius 1 is 1.24 bits per heavy atom. The number of thiophene rings is 2. The molecule has 3 heterocycles. The number of likely N-dealkylation sites (N-methyl/N-ethyl adjacent to an activating group) is 1. The minimum atomic E-state index is 0.381. The van der Waals surface area contributed by atoms with Gasteiger partial charge >= 0.3 is 0 Å². The SMILES string of the molecule is CNc1nc(N(C)C(C)Cc2cccs2)c2ccsc2n1. The Morgan fingerprint density at radius 2 is 2.10 bits per heavy atom. The van der Waals surface area contributed by atoms with E-state index in [1.165, 1.54) is 4.88 Å². The molecule has 6 heteroatoms. The molecular formula is C15H18N4S2. The highest BCUT2D eigenvalue weighted by Gasteiger charge is 2.17. The van der Waals surface area contributed by atoms with Crippen LogP contribution in [0.2, 0.25) is 0 Å². The van der Waals surface area contributed by atoms with Gasteiger partial charge in [-0.25, -0.2) is 4.98 Å². The van der Waals surface area contributed by atoms with Crippen molar-refractivity contribution in [1.82, 2.24) is 9.97 Å². The van der Waals surface area contributed by atoms with Crippen molar-refractivity contribution in [3.8, 4) is 0 Å². The van der Waals surface area contributed by atoms with Crippen molar-refractivity contribution in [1.29, 1.82) is 0 Å². The van der Waals surface area contributed by atoms with Crippen molar-refractivity contribution in [2.75, 3.05) is 24.3 Å². The van der Waals surface area contributed by atoms with Crippen LogP contribution in [-0.2, 0) is 6.42 Å². The van der Waals surface area contributed by atoms with Gasteiger partial charge in [-0.1, -0.05) is 6.07 Å². The highest BCUT2D eigenvalue weighted by molar-refractivity contribution is 7.16. The summed E-state index contributed by atoms with van der Waals surface area (Å²) in [6, 6.07) is 6.77. The summed E-state index contributed by atoms with van der Waals surface area (Å²) in [7, 11) is 3.96. The van der Waals surface area contributed by atoms with E-state index in [4.69, 9.17) is 0 Å². The van der Waals surface area contributed by atoms with Crippen LogP contribution in [-0.4, -0.2) is 30.1 Å². The largest absolute Gasteiger partial charge is 0.357 e. The zero-order valence-corrected chi connectivity index (χ0v) is 14.0. The van der Waals surface area contributed by atoms with Gasteiger partial charge in [-0.05, 0) is 29.8 Å². The maximum atomic E-state index is 4.66. The molecule has 0 aromatic carbocycles. The summed E-state index contributed by atoms with van der Waals surface area (Å²) in [5.74, 6) is 1.67. The van der Waals surface area contributed by atoms with Crippen LogP contribution in [0.25, 0.3) is 10.2 Å². The van der Waals surface area contributed by atoms with Crippen molar-refractivity contribution in [2.45, 2.75) is 19.4 Å². The molecule has 0 saturated heterocycles. The van der Waals surface area contributed by atoms with E-state index in [0.29, 0.717) is 12.0 Å². The molecule has 110 valence electrons. The molecule has 0 saturated carbocycles. The van der Waals surface area contributed by atoms with E-state index in [1.807, 2.05) is 18.4 Å². The Labute approximate surface area is 132 Å². The van der Waals surface area contributed by atoms with Gasteiger partial charge in [-0.2, -0.15) is 4.98 Å². The molecule has 0 aliphatic carbocycles. The molecular weight excluding hydrogens is 300 g/mol. The Balaban J connectivity index is 1.92. The van der Waals surface area contributed by atoms with E-state index >= 15 is 0 Å². The molecule has 0 aliphatic rings. The van der Waals surface area contributed by atoms with Crippen molar-refractivity contribution >= 4 is 44.7 Å². The summed E-state index contributed by atoms with van der Waals surface area (Å²) in [6.07, 6.45) is 1.03. The van der Waals surface area contributed by atoms with Gasteiger partial charge in [0, 0.05) is 31.4 Å².